The van der Waals surface area contributed by atoms with Gasteiger partial charge in [-0.2, -0.15) is 0 Å². The highest BCUT2D eigenvalue weighted by Gasteiger charge is 2.04. The molecule has 0 bridgehead atoms. The number of carboxylic acids is 1. The van der Waals surface area contributed by atoms with Gasteiger partial charge < -0.3 is 9.84 Å². The molecule has 4 heteroatoms. The number of ether oxygens (including phenoxy) is 1. The third-order valence-electron chi connectivity index (χ3n) is 4.63. The summed E-state index contributed by atoms with van der Waals surface area (Å²) in [5.74, 6) is 0.540. The van der Waals surface area contributed by atoms with E-state index in [-0.39, 0.29) is 5.56 Å². The summed E-state index contributed by atoms with van der Waals surface area (Å²) >= 11 is 0. The molecular formula is C23H31NO3. The predicted molar refractivity (Wildman–Crippen MR) is 109 cm³/mol. The summed E-state index contributed by atoms with van der Waals surface area (Å²) in [4.78, 5) is 15.3. The minimum absolute atomic E-state index is 0.284. The third kappa shape index (κ3) is 7.81. The molecule has 0 saturated carbocycles. The fourth-order valence-electron chi connectivity index (χ4n) is 2.98. The van der Waals surface area contributed by atoms with Gasteiger partial charge in [0.05, 0.1) is 12.2 Å². The highest BCUT2D eigenvalue weighted by molar-refractivity contribution is 5.88. The Morgan fingerprint density at radius 2 is 1.56 bits per heavy atom. The Hall–Kier alpha value is -2.36. The van der Waals surface area contributed by atoms with Crippen molar-refractivity contribution < 1.29 is 14.6 Å². The molecule has 0 atom stereocenters. The zero-order valence-electron chi connectivity index (χ0n) is 16.5. The topological polar surface area (TPSA) is 59.4 Å². The summed E-state index contributed by atoms with van der Waals surface area (Å²) in [7, 11) is 0. The standard InChI is InChI=1S/C23H31NO3/c1-18(2)9-7-5-3-4-6-8-16-27-22-15-14-21(17-24-22)19-10-12-20(13-11-19)23(25)26/h10-15,17-18H,3-9,16H2,1-2H3,(H,25,26). The number of nitrogens with zero attached hydrogens (tertiary/aromatic N) is 1. The highest BCUT2D eigenvalue weighted by atomic mass is 16.5. The van der Waals surface area contributed by atoms with Gasteiger partial charge in [0, 0.05) is 17.8 Å². The van der Waals surface area contributed by atoms with Crippen LogP contribution in [0.1, 0.15) is 69.2 Å². The Morgan fingerprint density at radius 1 is 0.926 bits per heavy atom. The number of benzene rings is 1. The van der Waals surface area contributed by atoms with Crippen LogP contribution in [0.15, 0.2) is 42.6 Å². The lowest BCUT2D eigenvalue weighted by molar-refractivity contribution is 0.0697. The van der Waals surface area contributed by atoms with Crippen molar-refractivity contribution in [3.05, 3.63) is 48.2 Å². The summed E-state index contributed by atoms with van der Waals surface area (Å²) in [5, 5.41) is 8.95. The van der Waals surface area contributed by atoms with Gasteiger partial charge >= 0.3 is 5.97 Å². The molecule has 2 aromatic rings. The molecule has 0 aliphatic carbocycles. The van der Waals surface area contributed by atoms with Crippen LogP contribution in [0.4, 0.5) is 0 Å². The molecule has 0 aliphatic rings. The molecule has 27 heavy (non-hydrogen) atoms. The second kappa shape index (κ2) is 11.4. The molecule has 1 N–H and O–H groups in total. The molecule has 0 radical (unpaired) electrons. The molecule has 0 saturated heterocycles. The van der Waals surface area contributed by atoms with E-state index in [0.29, 0.717) is 12.5 Å². The number of aromatic nitrogens is 1. The van der Waals surface area contributed by atoms with Crippen molar-refractivity contribution >= 4 is 5.97 Å². The average Bonchev–Trinajstić information content (AvgIpc) is 2.67. The van der Waals surface area contributed by atoms with Crippen molar-refractivity contribution in [2.75, 3.05) is 6.61 Å². The summed E-state index contributed by atoms with van der Waals surface area (Å²) in [6.45, 7) is 5.27. The summed E-state index contributed by atoms with van der Waals surface area (Å²) < 4.78 is 5.72. The van der Waals surface area contributed by atoms with Crippen LogP contribution in [0, 0.1) is 5.92 Å². The lowest BCUT2D eigenvalue weighted by Crippen LogP contribution is -1.99. The van der Waals surface area contributed by atoms with Gasteiger partial charge in [0.25, 0.3) is 0 Å². The van der Waals surface area contributed by atoms with E-state index < -0.39 is 5.97 Å². The lowest BCUT2D eigenvalue weighted by atomic mass is 10.0. The molecule has 0 fully saturated rings. The van der Waals surface area contributed by atoms with Gasteiger partial charge in [0.15, 0.2) is 0 Å². The predicted octanol–water partition coefficient (Wildman–Crippen LogP) is 6.21. The zero-order valence-corrected chi connectivity index (χ0v) is 16.5. The Balaban J connectivity index is 1.65. The van der Waals surface area contributed by atoms with Crippen LogP contribution in [0.25, 0.3) is 11.1 Å². The van der Waals surface area contributed by atoms with E-state index in [1.807, 2.05) is 12.1 Å². The maximum atomic E-state index is 10.9. The number of aromatic carboxylic acids is 1. The fourth-order valence-corrected chi connectivity index (χ4v) is 2.98. The Bertz CT molecular complexity index is 678. The summed E-state index contributed by atoms with van der Waals surface area (Å²) in [6.07, 6.45) is 10.7. The number of carboxylic acid groups (broad SMARTS) is 1. The van der Waals surface area contributed by atoms with Crippen LogP contribution in [0.5, 0.6) is 5.88 Å². The Kier molecular flexibility index (Phi) is 8.82. The van der Waals surface area contributed by atoms with Crippen molar-refractivity contribution in [2.24, 2.45) is 5.92 Å². The van der Waals surface area contributed by atoms with Gasteiger partial charge in [0.2, 0.25) is 5.88 Å². The maximum absolute atomic E-state index is 10.9. The smallest absolute Gasteiger partial charge is 0.335 e. The molecule has 1 heterocycles. The van der Waals surface area contributed by atoms with E-state index in [1.54, 1.807) is 30.5 Å². The van der Waals surface area contributed by atoms with Gasteiger partial charge in [-0.05, 0) is 36.1 Å². The van der Waals surface area contributed by atoms with E-state index in [0.717, 1.165) is 23.5 Å². The van der Waals surface area contributed by atoms with Crippen LogP contribution < -0.4 is 4.74 Å². The monoisotopic (exact) mass is 369 g/mol. The first-order valence-corrected chi connectivity index (χ1v) is 9.99. The number of rotatable bonds is 12. The van der Waals surface area contributed by atoms with Crippen LogP contribution in [0.3, 0.4) is 0 Å². The second-order valence-corrected chi connectivity index (χ2v) is 7.42. The van der Waals surface area contributed by atoms with Crippen molar-refractivity contribution in [1.29, 1.82) is 0 Å². The van der Waals surface area contributed by atoms with Crippen molar-refractivity contribution in [1.82, 2.24) is 4.98 Å². The molecule has 1 aromatic heterocycles. The van der Waals surface area contributed by atoms with Gasteiger partial charge in [0.1, 0.15) is 0 Å². The highest BCUT2D eigenvalue weighted by Crippen LogP contribution is 2.21. The SMILES string of the molecule is CC(C)CCCCCCCCOc1ccc(-c2ccc(C(=O)O)cc2)cn1. The minimum Gasteiger partial charge on any atom is -0.478 e. The molecule has 0 unspecified atom stereocenters. The molecule has 4 nitrogen and oxygen atoms in total. The van der Waals surface area contributed by atoms with Crippen molar-refractivity contribution in [3.63, 3.8) is 0 Å². The maximum Gasteiger partial charge on any atom is 0.335 e. The molecule has 2 rings (SSSR count). The van der Waals surface area contributed by atoms with Crippen LogP contribution in [-0.2, 0) is 0 Å². The number of hydrogen-bond donors (Lipinski definition) is 1. The number of pyridine rings is 1. The first kappa shape index (κ1) is 20.9. The van der Waals surface area contributed by atoms with Crippen LogP contribution in [0.2, 0.25) is 0 Å². The molecule has 0 amide bonds. The van der Waals surface area contributed by atoms with E-state index in [2.05, 4.69) is 18.8 Å². The second-order valence-electron chi connectivity index (χ2n) is 7.42. The van der Waals surface area contributed by atoms with E-state index in [9.17, 15) is 4.79 Å². The quantitative estimate of drug-likeness (QED) is 0.452. The van der Waals surface area contributed by atoms with E-state index in [1.165, 1.54) is 38.5 Å². The molecule has 1 aromatic carbocycles. The van der Waals surface area contributed by atoms with E-state index in [4.69, 9.17) is 9.84 Å². The number of hydrogen-bond acceptors (Lipinski definition) is 3. The zero-order chi connectivity index (χ0) is 19.5. The molecule has 146 valence electrons. The van der Waals surface area contributed by atoms with Gasteiger partial charge in [-0.3, -0.25) is 0 Å². The minimum atomic E-state index is -0.918. The Labute approximate surface area is 162 Å². The van der Waals surface area contributed by atoms with Crippen molar-refractivity contribution in [3.8, 4) is 17.0 Å². The van der Waals surface area contributed by atoms with Gasteiger partial charge in [-0.25, -0.2) is 9.78 Å². The number of carbonyl (C=O) groups is 1. The Morgan fingerprint density at radius 3 is 2.15 bits per heavy atom. The first-order valence-electron chi connectivity index (χ1n) is 9.99. The van der Waals surface area contributed by atoms with Gasteiger partial charge in [-0.1, -0.05) is 64.5 Å². The summed E-state index contributed by atoms with van der Waals surface area (Å²) in [5.41, 5.74) is 2.17. The van der Waals surface area contributed by atoms with Crippen LogP contribution >= 0.6 is 0 Å². The molecule has 0 spiro atoms. The van der Waals surface area contributed by atoms with Crippen LogP contribution in [-0.4, -0.2) is 22.7 Å². The summed E-state index contributed by atoms with van der Waals surface area (Å²) in [6, 6.07) is 10.6. The molecular weight excluding hydrogens is 338 g/mol. The average molecular weight is 370 g/mol. The van der Waals surface area contributed by atoms with E-state index >= 15 is 0 Å². The normalized spacial score (nSPS) is 10.9. The van der Waals surface area contributed by atoms with Gasteiger partial charge in [-0.15, -0.1) is 0 Å². The largest absolute Gasteiger partial charge is 0.478 e. The van der Waals surface area contributed by atoms with Crippen molar-refractivity contribution in [2.45, 2.75) is 58.8 Å². The lowest BCUT2D eigenvalue weighted by Gasteiger charge is -2.07. The number of unbranched alkanes of at least 4 members (excludes halogenated alkanes) is 5. The fraction of sp³-hybridized carbons (Fsp3) is 0.478. The first-order chi connectivity index (χ1) is 13.1. The third-order valence-corrected chi connectivity index (χ3v) is 4.63. The molecule has 0 aliphatic heterocycles.